The fourth-order valence-electron chi connectivity index (χ4n) is 2.11. The fraction of sp³-hybridized carbons (Fsp3) is 0.727. The van der Waals surface area contributed by atoms with Crippen LogP contribution in [0.1, 0.15) is 30.5 Å². The van der Waals surface area contributed by atoms with Gasteiger partial charge in [-0.25, -0.2) is 8.42 Å². The van der Waals surface area contributed by atoms with Gasteiger partial charge in [-0.15, -0.1) is 0 Å². The molecule has 1 aliphatic rings. The zero-order valence-electron chi connectivity index (χ0n) is 11.0. The van der Waals surface area contributed by atoms with E-state index in [2.05, 4.69) is 15.5 Å². The normalized spacial score (nSPS) is 17.1. The molecule has 2 rings (SSSR count). The van der Waals surface area contributed by atoms with Crippen LogP contribution in [0.25, 0.3) is 0 Å². The summed E-state index contributed by atoms with van der Waals surface area (Å²) in [4.78, 5) is 0. The molecule has 1 heterocycles. The largest absolute Gasteiger partial charge is 0.316 e. The molecule has 7 heteroatoms. The minimum Gasteiger partial charge on any atom is -0.316 e. The lowest BCUT2D eigenvalue weighted by Gasteiger charge is -2.33. The summed E-state index contributed by atoms with van der Waals surface area (Å²) >= 11 is 0. The smallest absolute Gasteiger partial charge is 0.262 e. The summed E-state index contributed by atoms with van der Waals surface area (Å²) in [7, 11) is -0.0448. The number of hydrogen-bond donors (Lipinski definition) is 2. The monoisotopic (exact) mass is 272 g/mol. The van der Waals surface area contributed by atoms with Gasteiger partial charge in [-0.3, -0.25) is 5.10 Å². The van der Waals surface area contributed by atoms with Gasteiger partial charge in [-0.05, 0) is 26.8 Å². The van der Waals surface area contributed by atoms with Crippen molar-refractivity contribution in [3.05, 3.63) is 11.3 Å². The standard InChI is InChI=1S/C11H20N4O2S/c1-8-10(7-12-2)11(14-13-8)18(16,17)15(3)9-5-4-6-9/h9,12H,4-7H2,1-3H3,(H,13,14). The topological polar surface area (TPSA) is 78.1 Å². The van der Waals surface area contributed by atoms with Crippen LogP contribution in [0.5, 0.6) is 0 Å². The Bertz CT molecular complexity index is 519. The maximum atomic E-state index is 12.5. The zero-order valence-corrected chi connectivity index (χ0v) is 11.8. The van der Waals surface area contributed by atoms with Gasteiger partial charge in [-0.2, -0.15) is 9.40 Å². The Morgan fingerprint density at radius 2 is 2.17 bits per heavy atom. The predicted molar refractivity (Wildman–Crippen MR) is 68.7 cm³/mol. The van der Waals surface area contributed by atoms with Crippen molar-refractivity contribution in [1.29, 1.82) is 0 Å². The molecule has 0 unspecified atom stereocenters. The van der Waals surface area contributed by atoms with Crippen LogP contribution in [0.3, 0.4) is 0 Å². The highest BCUT2D eigenvalue weighted by molar-refractivity contribution is 7.89. The first-order valence-electron chi connectivity index (χ1n) is 6.15. The van der Waals surface area contributed by atoms with Crippen LogP contribution < -0.4 is 5.32 Å². The second-order valence-corrected chi connectivity index (χ2v) is 6.68. The number of aromatic amines is 1. The summed E-state index contributed by atoms with van der Waals surface area (Å²) in [6, 6.07) is 0.134. The Kier molecular flexibility index (Phi) is 3.74. The van der Waals surface area contributed by atoms with Crippen molar-refractivity contribution >= 4 is 10.0 Å². The second kappa shape index (κ2) is 4.99. The van der Waals surface area contributed by atoms with E-state index in [1.807, 2.05) is 6.92 Å². The lowest BCUT2D eigenvalue weighted by molar-refractivity contribution is 0.249. The third kappa shape index (κ3) is 2.17. The number of nitrogens with zero attached hydrogens (tertiary/aromatic N) is 2. The van der Waals surface area contributed by atoms with E-state index in [-0.39, 0.29) is 11.1 Å². The molecule has 0 radical (unpaired) electrons. The van der Waals surface area contributed by atoms with Crippen molar-refractivity contribution in [2.45, 2.75) is 43.8 Å². The van der Waals surface area contributed by atoms with Gasteiger partial charge in [0.15, 0.2) is 5.03 Å². The summed E-state index contributed by atoms with van der Waals surface area (Å²) < 4.78 is 26.4. The minimum absolute atomic E-state index is 0.134. The first-order valence-corrected chi connectivity index (χ1v) is 7.59. The van der Waals surface area contributed by atoms with E-state index in [4.69, 9.17) is 0 Å². The Morgan fingerprint density at radius 1 is 1.50 bits per heavy atom. The van der Waals surface area contributed by atoms with Gasteiger partial charge in [0.2, 0.25) is 0 Å². The van der Waals surface area contributed by atoms with Gasteiger partial charge in [0.1, 0.15) is 0 Å². The molecular weight excluding hydrogens is 252 g/mol. The third-order valence-corrected chi connectivity index (χ3v) is 5.48. The molecule has 0 bridgehead atoms. The molecule has 1 fully saturated rings. The second-order valence-electron chi connectivity index (χ2n) is 4.77. The lowest BCUT2D eigenvalue weighted by Crippen LogP contribution is -2.41. The number of nitrogens with one attached hydrogen (secondary N) is 2. The Balaban J connectivity index is 2.34. The maximum absolute atomic E-state index is 12.5. The van der Waals surface area contributed by atoms with E-state index in [0.29, 0.717) is 6.54 Å². The fourth-order valence-corrected chi connectivity index (χ4v) is 3.69. The molecule has 1 aromatic heterocycles. The molecule has 0 spiro atoms. The number of hydrogen-bond acceptors (Lipinski definition) is 4. The van der Waals surface area contributed by atoms with Gasteiger partial charge >= 0.3 is 0 Å². The number of aromatic nitrogens is 2. The van der Waals surface area contributed by atoms with E-state index >= 15 is 0 Å². The van der Waals surface area contributed by atoms with Crippen molar-refractivity contribution in [3.63, 3.8) is 0 Å². The van der Waals surface area contributed by atoms with Crippen LogP contribution >= 0.6 is 0 Å². The third-order valence-electron chi connectivity index (χ3n) is 3.60. The van der Waals surface area contributed by atoms with Crippen molar-refractivity contribution in [2.24, 2.45) is 0 Å². The number of H-pyrrole nitrogens is 1. The van der Waals surface area contributed by atoms with E-state index in [1.165, 1.54) is 4.31 Å². The molecule has 0 amide bonds. The van der Waals surface area contributed by atoms with Crippen LogP contribution in [0.15, 0.2) is 5.03 Å². The summed E-state index contributed by atoms with van der Waals surface area (Å²) in [5, 5.41) is 9.87. The quantitative estimate of drug-likeness (QED) is 0.823. The predicted octanol–water partition coefficient (Wildman–Crippen LogP) is 0.611. The zero-order chi connectivity index (χ0) is 13.3. The van der Waals surface area contributed by atoms with Crippen LogP contribution in [-0.4, -0.2) is 43.1 Å². The number of sulfonamides is 1. The van der Waals surface area contributed by atoms with Gasteiger partial charge < -0.3 is 5.32 Å². The van der Waals surface area contributed by atoms with Gasteiger partial charge in [-0.1, -0.05) is 6.42 Å². The van der Waals surface area contributed by atoms with Crippen molar-refractivity contribution < 1.29 is 8.42 Å². The summed E-state index contributed by atoms with van der Waals surface area (Å²) in [5.74, 6) is 0. The van der Waals surface area contributed by atoms with E-state index < -0.39 is 10.0 Å². The summed E-state index contributed by atoms with van der Waals surface area (Å²) in [5.41, 5.74) is 1.52. The van der Waals surface area contributed by atoms with Gasteiger partial charge in [0, 0.05) is 30.9 Å². The summed E-state index contributed by atoms with van der Waals surface area (Å²) in [6.45, 7) is 2.33. The Hall–Kier alpha value is -0.920. The molecule has 102 valence electrons. The average Bonchev–Trinajstić information content (AvgIpc) is 2.59. The molecule has 18 heavy (non-hydrogen) atoms. The van der Waals surface area contributed by atoms with Gasteiger partial charge in [0.05, 0.1) is 0 Å². The van der Waals surface area contributed by atoms with Crippen LogP contribution in [0.2, 0.25) is 0 Å². The lowest BCUT2D eigenvalue weighted by atomic mass is 9.94. The maximum Gasteiger partial charge on any atom is 0.262 e. The molecular formula is C11H20N4O2S. The highest BCUT2D eigenvalue weighted by Gasteiger charge is 2.35. The molecule has 1 aliphatic carbocycles. The van der Waals surface area contributed by atoms with Crippen molar-refractivity contribution in [3.8, 4) is 0 Å². The Labute approximate surface area is 108 Å². The highest BCUT2D eigenvalue weighted by atomic mass is 32.2. The molecule has 0 atom stereocenters. The highest BCUT2D eigenvalue weighted by Crippen LogP contribution is 2.29. The Morgan fingerprint density at radius 3 is 2.67 bits per heavy atom. The van der Waals surface area contributed by atoms with E-state index in [9.17, 15) is 8.42 Å². The van der Waals surface area contributed by atoms with Gasteiger partial charge in [0.25, 0.3) is 10.0 Å². The minimum atomic E-state index is -3.48. The average molecular weight is 272 g/mol. The van der Waals surface area contributed by atoms with E-state index in [0.717, 1.165) is 30.5 Å². The molecule has 6 nitrogen and oxygen atoms in total. The number of rotatable bonds is 5. The van der Waals surface area contributed by atoms with E-state index in [1.54, 1.807) is 14.1 Å². The molecule has 0 saturated heterocycles. The summed E-state index contributed by atoms with van der Waals surface area (Å²) in [6.07, 6.45) is 2.99. The first kappa shape index (κ1) is 13.5. The van der Waals surface area contributed by atoms with Crippen LogP contribution in [0.4, 0.5) is 0 Å². The molecule has 0 aliphatic heterocycles. The molecule has 0 aromatic carbocycles. The van der Waals surface area contributed by atoms with Crippen LogP contribution in [0, 0.1) is 6.92 Å². The number of aryl methyl sites for hydroxylation is 1. The van der Waals surface area contributed by atoms with Crippen LogP contribution in [-0.2, 0) is 16.6 Å². The molecule has 1 saturated carbocycles. The van der Waals surface area contributed by atoms with Crippen molar-refractivity contribution in [1.82, 2.24) is 19.8 Å². The SMILES string of the molecule is CNCc1c(S(=O)(=O)N(C)C2CCC2)n[nH]c1C. The van der Waals surface area contributed by atoms with Crippen molar-refractivity contribution in [2.75, 3.05) is 14.1 Å². The first-order chi connectivity index (χ1) is 8.48. The molecule has 1 aromatic rings. The molecule has 2 N–H and O–H groups in total.